The minimum absolute atomic E-state index is 0.573. The summed E-state index contributed by atoms with van der Waals surface area (Å²) in [4.78, 5) is 6.64. The highest BCUT2D eigenvalue weighted by atomic mass is 79.9. The largest absolute Gasteiger partial charge is 0.296 e. The molecule has 4 heteroatoms. The first-order valence-corrected chi connectivity index (χ1v) is 6.61. The van der Waals surface area contributed by atoms with Gasteiger partial charge in [-0.2, -0.15) is 5.26 Å². The predicted octanol–water partition coefficient (Wildman–Crippen LogP) is 3.22. The van der Waals surface area contributed by atoms with E-state index in [0.29, 0.717) is 12.3 Å². The van der Waals surface area contributed by atoms with E-state index in [9.17, 15) is 0 Å². The van der Waals surface area contributed by atoms with E-state index in [1.54, 1.807) is 0 Å². The van der Waals surface area contributed by atoms with Gasteiger partial charge in [-0.3, -0.25) is 9.88 Å². The minimum atomic E-state index is 0.573. The molecule has 0 bridgehead atoms. The molecule has 0 aromatic carbocycles. The highest BCUT2D eigenvalue weighted by molar-refractivity contribution is 9.10. The zero-order valence-corrected chi connectivity index (χ0v) is 11.9. The van der Waals surface area contributed by atoms with Crippen LogP contribution in [0.4, 0.5) is 0 Å². The summed E-state index contributed by atoms with van der Waals surface area (Å²) >= 11 is 3.37. The molecule has 0 N–H and O–H groups in total. The summed E-state index contributed by atoms with van der Waals surface area (Å²) in [6.45, 7) is 7.00. The van der Waals surface area contributed by atoms with Crippen LogP contribution in [0.1, 0.15) is 26.0 Å². The molecular formula is C13H18BrN3. The maximum absolute atomic E-state index is 8.65. The lowest BCUT2D eigenvalue weighted by Gasteiger charge is -2.22. The van der Waals surface area contributed by atoms with Crippen LogP contribution in [0.15, 0.2) is 22.8 Å². The lowest BCUT2D eigenvalue weighted by atomic mass is 10.2. The van der Waals surface area contributed by atoms with Crippen molar-refractivity contribution in [3.8, 4) is 6.07 Å². The highest BCUT2D eigenvalue weighted by Gasteiger charge is 2.08. The average molecular weight is 296 g/mol. The Hall–Kier alpha value is -0.920. The van der Waals surface area contributed by atoms with Crippen molar-refractivity contribution in [1.29, 1.82) is 5.26 Å². The van der Waals surface area contributed by atoms with Gasteiger partial charge in [0.05, 0.1) is 11.8 Å². The van der Waals surface area contributed by atoms with Gasteiger partial charge in [0.25, 0.3) is 0 Å². The minimum Gasteiger partial charge on any atom is -0.296 e. The molecule has 0 atom stereocenters. The first-order chi connectivity index (χ1) is 8.11. The molecule has 1 aromatic rings. The molecule has 3 nitrogen and oxygen atoms in total. The van der Waals surface area contributed by atoms with Gasteiger partial charge in [0.2, 0.25) is 0 Å². The van der Waals surface area contributed by atoms with Gasteiger partial charge in [-0.1, -0.05) is 13.8 Å². The maximum atomic E-state index is 8.65. The SMILES string of the molecule is CC(C)CN(CCC#N)Cc1ccc(Br)cn1. The topological polar surface area (TPSA) is 39.9 Å². The number of pyridine rings is 1. The molecule has 1 heterocycles. The maximum Gasteiger partial charge on any atom is 0.0635 e. The van der Waals surface area contributed by atoms with E-state index in [4.69, 9.17) is 5.26 Å². The van der Waals surface area contributed by atoms with Crippen molar-refractivity contribution in [2.75, 3.05) is 13.1 Å². The van der Waals surface area contributed by atoms with E-state index >= 15 is 0 Å². The number of hydrogen-bond acceptors (Lipinski definition) is 3. The van der Waals surface area contributed by atoms with E-state index in [1.807, 2.05) is 18.3 Å². The molecule has 0 saturated heterocycles. The van der Waals surface area contributed by atoms with Crippen molar-refractivity contribution >= 4 is 15.9 Å². The standard InChI is InChI=1S/C13H18BrN3/c1-11(2)9-17(7-3-6-15)10-13-5-4-12(14)8-16-13/h4-5,8,11H,3,7,9-10H2,1-2H3. The molecular weight excluding hydrogens is 278 g/mol. The summed E-state index contributed by atoms with van der Waals surface area (Å²) in [5.74, 6) is 0.601. The fourth-order valence-electron chi connectivity index (χ4n) is 1.69. The van der Waals surface area contributed by atoms with Crippen LogP contribution in [-0.2, 0) is 6.54 Å². The van der Waals surface area contributed by atoms with Crippen molar-refractivity contribution in [2.45, 2.75) is 26.8 Å². The van der Waals surface area contributed by atoms with E-state index in [2.05, 4.69) is 45.7 Å². The molecule has 1 aromatic heterocycles. The van der Waals surface area contributed by atoms with Crippen molar-refractivity contribution < 1.29 is 0 Å². The Morgan fingerprint density at radius 2 is 2.24 bits per heavy atom. The van der Waals surface area contributed by atoms with Gasteiger partial charge in [0.1, 0.15) is 0 Å². The first kappa shape index (κ1) is 14.1. The number of nitrogens with zero attached hydrogens (tertiary/aromatic N) is 3. The Morgan fingerprint density at radius 1 is 1.47 bits per heavy atom. The molecule has 0 unspecified atom stereocenters. The second-order valence-electron chi connectivity index (χ2n) is 4.50. The Bertz CT molecular complexity index is 367. The Morgan fingerprint density at radius 3 is 2.76 bits per heavy atom. The van der Waals surface area contributed by atoms with Crippen molar-refractivity contribution in [3.63, 3.8) is 0 Å². The third kappa shape index (κ3) is 5.81. The van der Waals surface area contributed by atoms with Crippen molar-refractivity contribution in [2.24, 2.45) is 5.92 Å². The molecule has 0 aliphatic heterocycles. The third-order valence-electron chi connectivity index (χ3n) is 2.34. The Kier molecular flexibility index (Phi) is 6.17. The lowest BCUT2D eigenvalue weighted by Crippen LogP contribution is -2.28. The normalized spacial score (nSPS) is 10.8. The van der Waals surface area contributed by atoms with Gasteiger partial charge in [0, 0.05) is 36.7 Å². The van der Waals surface area contributed by atoms with Crippen molar-refractivity contribution in [1.82, 2.24) is 9.88 Å². The molecule has 0 amide bonds. The second kappa shape index (κ2) is 7.41. The number of halogens is 1. The van der Waals surface area contributed by atoms with E-state index in [0.717, 1.165) is 29.8 Å². The number of nitriles is 1. The molecule has 0 radical (unpaired) electrons. The molecule has 17 heavy (non-hydrogen) atoms. The van der Waals surface area contributed by atoms with Crippen LogP contribution in [0.3, 0.4) is 0 Å². The second-order valence-corrected chi connectivity index (χ2v) is 5.42. The number of hydrogen-bond donors (Lipinski definition) is 0. The van der Waals surface area contributed by atoms with Crippen molar-refractivity contribution in [3.05, 3.63) is 28.5 Å². The van der Waals surface area contributed by atoms with E-state index in [1.165, 1.54) is 0 Å². The van der Waals surface area contributed by atoms with Gasteiger partial charge >= 0.3 is 0 Å². The molecule has 0 aliphatic rings. The van der Waals surface area contributed by atoms with Crippen LogP contribution >= 0.6 is 15.9 Å². The molecule has 92 valence electrons. The molecule has 1 rings (SSSR count). The van der Waals surface area contributed by atoms with Gasteiger partial charge in [-0.15, -0.1) is 0 Å². The fourth-order valence-corrected chi connectivity index (χ4v) is 1.92. The number of rotatable bonds is 6. The summed E-state index contributed by atoms with van der Waals surface area (Å²) in [6.07, 6.45) is 2.39. The molecule has 0 aliphatic carbocycles. The average Bonchev–Trinajstić information content (AvgIpc) is 2.28. The first-order valence-electron chi connectivity index (χ1n) is 5.81. The fraction of sp³-hybridized carbons (Fsp3) is 0.538. The van der Waals surface area contributed by atoms with E-state index in [-0.39, 0.29) is 0 Å². The van der Waals surface area contributed by atoms with Crippen LogP contribution in [0.25, 0.3) is 0 Å². The van der Waals surface area contributed by atoms with Gasteiger partial charge in [-0.05, 0) is 34.0 Å². The van der Waals surface area contributed by atoms with Gasteiger partial charge in [-0.25, -0.2) is 0 Å². The highest BCUT2D eigenvalue weighted by Crippen LogP contribution is 2.10. The Labute approximate surface area is 112 Å². The predicted molar refractivity (Wildman–Crippen MR) is 72.3 cm³/mol. The summed E-state index contributed by atoms with van der Waals surface area (Å²) in [5.41, 5.74) is 1.05. The summed E-state index contributed by atoms with van der Waals surface area (Å²) in [5, 5.41) is 8.65. The molecule has 0 saturated carbocycles. The van der Waals surface area contributed by atoms with E-state index < -0.39 is 0 Å². The van der Waals surface area contributed by atoms with Crippen LogP contribution < -0.4 is 0 Å². The number of aromatic nitrogens is 1. The van der Waals surface area contributed by atoms with Crippen LogP contribution in [-0.4, -0.2) is 23.0 Å². The van der Waals surface area contributed by atoms with Crippen LogP contribution in [0.5, 0.6) is 0 Å². The van der Waals surface area contributed by atoms with Crippen LogP contribution in [0.2, 0.25) is 0 Å². The zero-order chi connectivity index (χ0) is 12.7. The van der Waals surface area contributed by atoms with Gasteiger partial charge in [0.15, 0.2) is 0 Å². The summed E-state index contributed by atoms with van der Waals surface area (Å²) in [7, 11) is 0. The third-order valence-corrected chi connectivity index (χ3v) is 2.81. The zero-order valence-electron chi connectivity index (χ0n) is 10.4. The van der Waals surface area contributed by atoms with Gasteiger partial charge < -0.3 is 0 Å². The monoisotopic (exact) mass is 295 g/mol. The summed E-state index contributed by atoms with van der Waals surface area (Å²) in [6, 6.07) is 6.21. The molecule has 0 spiro atoms. The smallest absolute Gasteiger partial charge is 0.0635 e. The lowest BCUT2D eigenvalue weighted by molar-refractivity contribution is 0.238. The van der Waals surface area contributed by atoms with Crippen LogP contribution in [0, 0.1) is 17.2 Å². The quantitative estimate of drug-likeness (QED) is 0.809. The Balaban J connectivity index is 2.58. The summed E-state index contributed by atoms with van der Waals surface area (Å²) < 4.78 is 0.994. The molecule has 0 fully saturated rings.